The quantitative estimate of drug-likeness (QED) is 0.663. The largest absolute Gasteiger partial charge is 0.454 e. The number of nitrogen functional groups attached to an aromatic ring is 1. The standard InChI is InChI=1S/C14H12BrFN2O/c1-8-2-4-12(10(6-8)14(17)18)19-13-5-3-9(15)7-11(13)16/h2-7H,1H3,(H3,17,18). The number of hydrogen-bond donors (Lipinski definition) is 2. The molecule has 0 saturated carbocycles. The molecule has 0 aliphatic heterocycles. The Labute approximate surface area is 118 Å². The number of nitrogens with two attached hydrogens (primary N) is 1. The van der Waals surface area contributed by atoms with Gasteiger partial charge in [-0.2, -0.15) is 0 Å². The Kier molecular flexibility index (Phi) is 3.85. The summed E-state index contributed by atoms with van der Waals surface area (Å²) in [5.74, 6) is -0.144. The highest BCUT2D eigenvalue weighted by Gasteiger charge is 2.11. The van der Waals surface area contributed by atoms with Crippen LogP contribution in [0.5, 0.6) is 11.5 Å². The SMILES string of the molecule is Cc1ccc(Oc2ccc(Br)cc2F)c(C(=N)N)c1. The van der Waals surface area contributed by atoms with Crippen LogP contribution in [0.1, 0.15) is 11.1 Å². The zero-order chi connectivity index (χ0) is 14.0. The highest BCUT2D eigenvalue weighted by Crippen LogP contribution is 2.29. The van der Waals surface area contributed by atoms with Crippen LogP contribution in [0.15, 0.2) is 40.9 Å². The smallest absolute Gasteiger partial charge is 0.166 e. The molecule has 0 aliphatic carbocycles. The lowest BCUT2D eigenvalue weighted by Crippen LogP contribution is -2.12. The molecule has 2 rings (SSSR count). The van der Waals surface area contributed by atoms with E-state index in [1.54, 1.807) is 18.2 Å². The van der Waals surface area contributed by atoms with Crippen molar-refractivity contribution in [1.29, 1.82) is 5.41 Å². The molecule has 0 heterocycles. The molecule has 0 saturated heterocycles. The molecule has 0 unspecified atom stereocenters. The first kappa shape index (κ1) is 13.5. The van der Waals surface area contributed by atoms with Gasteiger partial charge in [-0.25, -0.2) is 4.39 Å². The molecular formula is C14H12BrFN2O. The molecule has 98 valence electrons. The minimum absolute atomic E-state index is 0.0922. The molecule has 0 bridgehead atoms. The maximum absolute atomic E-state index is 13.7. The lowest BCUT2D eigenvalue weighted by molar-refractivity contribution is 0.441. The first-order chi connectivity index (χ1) is 8.97. The van der Waals surface area contributed by atoms with Crippen LogP contribution in [-0.4, -0.2) is 5.84 Å². The minimum atomic E-state index is -0.482. The molecule has 0 atom stereocenters. The van der Waals surface area contributed by atoms with Crippen LogP contribution in [-0.2, 0) is 0 Å². The molecule has 0 spiro atoms. The number of rotatable bonds is 3. The number of benzene rings is 2. The summed E-state index contributed by atoms with van der Waals surface area (Å²) in [6.45, 7) is 1.89. The fourth-order valence-electron chi connectivity index (χ4n) is 1.62. The number of ether oxygens (including phenoxy) is 1. The van der Waals surface area contributed by atoms with E-state index >= 15 is 0 Å². The van der Waals surface area contributed by atoms with Crippen molar-refractivity contribution < 1.29 is 9.13 Å². The highest BCUT2D eigenvalue weighted by atomic mass is 79.9. The van der Waals surface area contributed by atoms with Crippen molar-refractivity contribution >= 4 is 21.8 Å². The summed E-state index contributed by atoms with van der Waals surface area (Å²) < 4.78 is 19.8. The molecule has 0 radical (unpaired) electrons. The highest BCUT2D eigenvalue weighted by molar-refractivity contribution is 9.10. The predicted molar refractivity (Wildman–Crippen MR) is 76.4 cm³/mol. The topological polar surface area (TPSA) is 59.1 Å². The van der Waals surface area contributed by atoms with Crippen LogP contribution in [0, 0.1) is 18.2 Å². The van der Waals surface area contributed by atoms with E-state index in [4.69, 9.17) is 15.9 Å². The first-order valence-electron chi connectivity index (χ1n) is 5.55. The summed E-state index contributed by atoms with van der Waals surface area (Å²) in [6, 6.07) is 9.74. The summed E-state index contributed by atoms with van der Waals surface area (Å²) >= 11 is 3.18. The molecule has 0 fully saturated rings. The Balaban J connectivity index is 2.40. The van der Waals surface area contributed by atoms with Crippen molar-refractivity contribution in [2.45, 2.75) is 6.92 Å². The van der Waals surface area contributed by atoms with Crippen molar-refractivity contribution in [1.82, 2.24) is 0 Å². The molecule has 0 aliphatic rings. The molecule has 19 heavy (non-hydrogen) atoms. The van der Waals surface area contributed by atoms with Gasteiger partial charge in [-0.05, 0) is 37.3 Å². The second kappa shape index (κ2) is 5.40. The summed E-state index contributed by atoms with van der Waals surface area (Å²) in [4.78, 5) is 0. The van der Waals surface area contributed by atoms with Crippen molar-refractivity contribution in [2.24, 2.45) is 5.73 Å². The van der Waals surface area contributed by atoms with Gasteiger partial charge in [-0.1, -0.05) is 27.6 Å². The molecule has 0 amide bonds. The van der Waals surface area contributed by atoms with Gasteiger partial charge in [0.2, 0.25) is 0 Å². The normalized spacial score (nSPS) is 10.3. The Morgan fingerprint density at radius 1 is 1.21 bits per heavy atom. The molecule has 2 aromatic carbocycles. The maximum Gasteiger partial charge on any atom is 0.166 e. The van der Waals surface area contributed by atoms with E-state index in [1.807, 2.05) is 13.0 Å². The molecule has 3 nitrogen and oxygen atoms in total. The van der Waals surface area contributed by atoms with Crippen molar-refractivity contribution in [3.63, 3.8) is 0 Å². The van der Waals surface area contributed by atoms with E-state index in [1.165, 1.54) is 12.1 Å². The summed E-state index contributed by atoms with van der Waals surface area (Å²) in [7, 11) is 0. The number of amidine groups is 1. The second-order valence-corrected chi connectivity index (χ2v) is 5.01. The van der Waals surface area contributed by atoms with Crippen LogP contribution in [0.2, 0.25) is 0 Å². The minimum Gasteiger partial charge on any atom is -0.454 e. The van der Waals surface area contributed by atoms with E-state index in [2.05, 4.69) is 15.9 Å². The maximum atomic E-state index is 13.7. The lowest BCUT2D eigenvalue weighted by atomic mass is 10.1. The third-order valence-electron chi connectivity index (χ3n) is 2.54. The molecule has 2 aromatic rings. The summed E-state index contributed by atoms with van der Waals surface area (Å²) in [5.41, 5.74) is 6.90. The zero-order valence-electron chi connectivity index (χ0n) is 10.2. The number of nitrogens with one attached hydrogen (secondary N) is 1. The first-order valence-corrected chi connectivity index (χ1v) is 6.34. The average molecular weight is 323 g/mol. The monoisotopic (exact) mass is 322 g/mol. The van der Waals surface area contributed by atoms with Gasteiger partial charge in [0.1, 0.15) is 11.6 Å². The number of halogens is 2. The van der Waals surface area contributed by atoms with E-state index in [9.17, 15) is 4.39 Å². The van der Waals surface area contributed by atoms with Crippen LogP contribution in [0.4, 0.5) is 4.39 Å². The van der Waals surface area contributed by atoms with Crippen molar-refractivity contribution in [2.75, 3.05) is 0 Å². The van der Waals surface area contributed by atoms with Gasteiger partial charge in [0.15, 0.2) is 11.6 Å². The van der Waals surface area contributed by atoms with Gasteiger partial charge < -0.3 is 10.5 Å². The zero-order valence-corrected chi connectivity index (χ0v) is 11.8. The third kappa shape index (κ3) is 3.12. The Morgan fingerprint density at radius 3 is 2.53 bits per heavy atom. The second-order valence-electron chi connectivity index (χ2n) is 4.09. The van der Waals surface area contributed by atoms with Crippen LogP contribution in [0.25, 0.3) is 0 Å². The summed E-state index contributed by atoms with van der Waals surface area (Å²) in [5, 5.41) is 7.52. The number of hydrogen-bond acceptors (Lipinski definition) is 2. The predicted octanol–water partition coefficient (Wildman–Crippen LogP) is 3.97. The molecule has 3 N–H and O–H groups in total. The van der Waals surface area contributed by atoms with Gasteiger partial charge in [-0.3, -0.25) is 5.41 Å². The lowest BCUT2D eigenvalue weighted by Gasteiger charge is -2.11. The molecule has 5 heteroatoms. The Bertz CT molecular complexity index is 643. The van der Waals surface area contributed by atoms with Crippen LogP contribution >= 0.6 is 15.9 Å². The average Bonchev–Trinajstić information content (AvgIpc) is 2.34. The Morgan fingerprint density at radius 2 is 1.89 bits per heavy atom. The van der Waals surface area contributed by atoms with E-state index < -0.39 is 5.82 Å². The number of aryl methyl sites for hydroxylation is 1. The molecular weight excluding hydrogens is 311 g/mol. The summed E-state index contributed by atoms with van der Waals surface area (Å²) in [6.07, 6.45) is 0. The van der Waals surface area contributed by atoms with Gasteiger partial charge in [0, 0.05) is 4.47 Å². The van der Waals surface area contributed by atoms with Crippen molar-refractivity contribution in [3.05, 3.63) is 57.8 Å². The van der Waals surface area contributed by atoms with E-state index in [0.717, 1.165) is 5.56 Å². The van der Waals surface area contributed by atoms with Gasteiger partial charge in [-0.15, -0.1) is 0 Å². The van der Waals surface area contributed by atoms with Gasteiger partial charge >= 0.3 is 0 Å². The van der Waals surface area contributed by atoms with E-state index in [-0.39, 0.29) is 11.6 Å². The van der Waals surface area contributed by atoms with Gasteiger partial charge in [0.05, 0.1) is 5.56 Å². The van der Waals surface area contributed by atoms with E-state index in [0.29, 0.717) is 15.8 Å². The van der Waals surface area contributed by atoms with Crippen LogP contribution in [0.3, 0.4) is 0 Å². The van der Waals surface area contributed by atoms with Crippen molar-refractivity contribution in [3.8, 4) is 11.5 Å². The fraction of sp³-hybridized carbons (Fsp3) is 0.0714. The Hall–Kier alpha value is -1.88. The fourth-order valence-corrected chi connectivity index (χ4v) is 1.95. The van der Waals surface area contributed by atoms with Gasteiger partial charge in [0.25, 0.3) is 0 Å². The third-order valence-corrected chi connectivity index (χ3v) is 3.03. The molecule has 0 aromatic heterocycles. The van der Waals surface area contributed by atoms with Crippen LogP contribution < -0.4 is 10.5 Å².